The number of unbranched alkanes of at least 4 members (excludes halogenated alkanes) is 2. The topological polar surface area (TPSA) is 89.0 Å². The molecular weight excluding hydrogens is 555 g/mol. The molecule has 2 heterocycles. The van der Waals surface area contributed by atoms with E-state index in [0.717, 1.165) is 24.0 Å². The predicted octanol–water partition coefficient (Wildman–Crippen LogP) is 7.29. The van der Waals surface area contributed by atoms with E-state index in [1.807, 2.05) is 0 Å². The molecular formula is C30H26ClFN2O5S. The average Bonchev–Trinajstić information content (AvgIpc) is 3.48. The van der Waals surface area contributed by atoms with E-state index in [1.54, 1.807) is 36.4 Å². The summed E-state index contributed by atoms with van der Waals surface area (Å²) in [6, 6.07) is 14.3. The number of anilines is 1. The van der Waals surface area contributed by atoms with Crippen LogP contribution in [-0.2, 0) is 9.59 Å². The number of amides is 1. The fourth-order valence-electron chi connectivity index (χ4n) is 4.61. The van der Waals surface area contributed by atoms with Crippen molar-refractivity contribution in [3.05, 3.63) is 88.2 Å². The number of methoxy groups -OCH3 is 1. The SMILES string of the molecule is CCCCCOc1ccc(C2C(=C(O)c3ccc(F)cc3)C(=O)C(=O)N2c2nc3ccc(Cl)cc3s2)cc1OC. The molecule has 0 aliphatic carbocycles. The number of fused-ring (bicyclic) bond motifs is 1. The lowest BCUT2D eigenvalue weighted by Crippen LogP contribution is -2.29. The van der Waals surface area contributed by atoms with Crippen LogP contribution in [0.1, 0.15) is 43.4 Å². The zero-order valence-electron chi connectivity index (χ0n) is 21.8. The molecule has 0 saturated carbocycles. The number of aliphatic hydroxyl groups excluding tert-OH is 1. The van der Waals surface area contributed by atoms with E-state index < -0.39 is 29.3 Å². The number of hydrogen-bond donors (Lipinski definition) is 1. The average molecular weight is 581 g/mol. The third kappa shape index (κ3) is 5.26. The van der Waals surface area contributed by atoms with Gasteiger partial charge in [-0.2, -0.15) is 0 Å². The summed E-state index contributed by atoms with van der Waals surface area (Å²) in [5, 5.41) is 12.1. The fourth-order valence-corrected chi connectivity index (χ4v) is 5.87. The molecule has 40 heavy (non-hydrogen) atoms. The lowest BCUT2D eigenvalue weighted by Gasteiger charge is -2.24. The van der Waals surface area contributed by atoms with Crippen molar-refractivity contribution in [3.63, 3.8) is 0 Å². The van der Waals surface area contributed by atoms with Gasteiger partial charge in [0.15, 0.2) is 16.6 Å². The monoisotopic (exact) mass is 580 g/mol. The highest BCUT2D eigenvalue weighted by molar-refractivity contribution is 7.22. The van der Waals surface area contributed by atoms with Crippen LogP contribution in [0.15, 0.2) is 66.2 Å². The predicted molar refractivity (Wildman–Crippen MR) is 154 cm³/mol. The molecule has 3 aromatic carbocycles. The molecule has 0 radical (unpaired) electrons. The van der Waals surface area contributed by atoms with E-state index in [4.69, 9.17) is 21.1 Å². The number of ether oxygens (including phenoxy) is 2. The van der Waals surface area contributed by atoms with Crippen LogP contribution in [-0.4, -0.2) is 35.5 Å². The Kier molecular flexibility index (Phi) is 8.04. The molecule has 1 N–H and O–H groups in total. The van der Waals surface area contributed by atoms with Crippen LogP contribution < -0.4 is 14.4 Å². The highest BCUT2D eigenvalue weighted by Gasteiger charge is 2.48. The molecule has 4 aromatic rings. The van der Waals surface area contributed by atoms with E-state index in [-0.39, 0.29) is 16.3 Å². The van der Waals surface area contributed by atoms with Gasteiger partial charge >= 0.3 is 5.91 Å². The molecule has 1 aromatic heterocycles. The quantitative estimate of drug-likeness (QED) is 0.0967. The van der Waals surface area contributed by atoms with Crippen LogP contribution in [0.4, 0.5) is 9.52 Å². The van der Waals surface area contributed by atoms with E-state index in [9.17, 15) is 19.1 Å². The second-order valence-corrected chi connectivity index (χ2v) is 10.7. The molecule has 1 amide bonds. The van der Waals surface area contributed by atoms with Crippen LogP contribution in [0.25, 0.3) is 16.0 Å². The highest BCUT2D eigenvalue weighted by atomic mass is 35.5. The molecule has 1 unspecified atom stereocenters. The fraction of sp³-hybridized carbons (Fsp3) is 0.233. The molecule has 1 aliphatic rings. The summed E-state index contributed by atoms with van der Waals surface area (Å²) in [6.07, 6.45) is 2.98. The van der Waals surface area contributed by atoms with Crippen LogP contribution in [0.5, 0.6) is 11.5 Å². The van der Waals surface area contributed by atoms with Gasteiger partial charge in [-0.15, -0.1) is 0 Å². The minimum absolute atomic E-state index is 0.146. The third-order valence-corrected chi connectivity index (χ3v) is 7.87. The smallest absolute Gasteiger partial charge is 0.301 e. The first kappa shape index (κ1) is 27.6. The van der Waals surface area contributed by atoms with Gasteiger partial charge in [-0.05, 0) is 66.6 Å². The second kappa shape index (κ2) is 11.7. The van der Waals surface area contributed by atoms with Crippen LogP contribution in [0, 0.1) is 5.82 Å². The number of benzene rings is 3. The largest absolute Gasteiger partial charge is 0.507 e. The summed E-state index contributed by atoms with van der Waals surface area (Å²) in [4.78, 5) is 32.8. The van der Waals surface area contributed by atoms with Crippen molar-refractivity contribution in [2.45, 2.75) is 32.2 Å². The van der Waals surface area contributed by atoms with Gasteiger partial charge in [0.1, 0.15) is 11.6 Å². The molecule has 10 heteroatoms. The van der Waals surface area contributed by atoms with Gasteiger partial charge in [-0.3, -0.25) is 14.5 Å². The lowest BCUT2D eigenvalue weighted by molar-refractivity contribution is -0.132. The molecule has 0 spiro atoms. The summed E-state index contributed by atoms with van der Waals surface area (Å²) >= 11 is 7.36. The molecule has 0 bridgehead atoms. The number of carbonyl (C=O) groups excluding carboxylic acids is 2. The Morgan fingerprint density at radius 1 is 1.07 bits per heavy atom. The number of halogens is 2. The molecule has 1 aliphatic heterocycles. The highest BCUT2D eigenvalue weighted by Crippen LogP contribution is 2.46. The first-order chi connectivity index (χ1) is 19.3. The van der Waals surface area contributed by atoms with Crippen molar-refractivity contribution >= 4 is 55.7 Å². The standard InChI is InChI=1S/C30H26ClFN2O5S/c1-3-4-5-14-39-22-13-8-18(15-23(22)38-2)26-25(27(35)17-6-10-20(32)11-7-17)28(36)29(37)34(26)30-33-21-12-9-19(31)16-24(21)40-30/h6-13,15-16,26,35H,3-5,14H2,1-2H3. The van der Waals surface area contributed by atoms with Crippen molar-refractivity contribution in [2.24, 2.45) is 0 Å². The molecule has 206 valence electrons. The van der Waals surface area contributed by atoms with Crippen molar-refractivity contribution in [1.82, 2.24) is 4.98 Å². The maximum Gasteiger partial charge on any atom is 0.301 e. The van der Waals surface area contributed by atoms with Crippen LogP contribution in [0.2, 0.25) is 5.02 Å². The molecule has 1 saturated heterocycles. The Bertz CT molecular complexity index is 1620. The Morgan fingerprint density at radius 3 is 2.58 bits per heavy atom. The van der Waals surface area contributed by atoms with Crippen molar-refractivity contribution in [1.29, 1.82) is 0 Å². The van der Waals surface area contributed by atoms with Crippen molar-refractivity contribution < 1.29 is 28.6 Å². The Balaban J connectivity index is 1.65. The van der Waals surface area contributed by atoms with Crippen LogP contribution in [0.3, 0.4) is 0 Å². The van der Waals surface area contributed by atoms with E-state index >= 15 is 0 Å². The second-order valence-electron chi connectivity index (χ2n) is 9.25. The number of ketones is 1. The number of carbonyl (C=O) groups is 2. The van der Waals surface area contributed by atoms with E-state index in [1.165, 1.54) is 47.6 Å². The first-order valence-corrected chi connectivity index (χ1v) is 14.0. The van der Waals surface area contributed by atoms with Gasteiger partial charge in [-0.1, -0.05) is 48.8 Å². The third-order valence-electron chi connectivity index (χ3n) is 6.62. The first-order valence-electron chi connectivity index (χ1n) is 12.8. The van der Waals surface area contributed by atoms with Gasteiger partial charge in [0, 0.05) is 10.6 Å². The van der Waals surface area contributed by atoms with Gasteiger partial charge in [0.05, 0.1) is 35.5 Å². The lowest BCUT2D eigenvalue weighted by atomic mass is 9.95. The van der Waals surface area contributed by atoms with Crippen LogP contribution >= 0.6 is 22.9 Å². The minimum Gasteiger partial charge on any atom is -0.507 e. The number of thiazole rings is 1. The number of aliphatic hydroxyl groups is 1. The van der Waals surface area contributed by atoms with Gasteiger partial charge in [0.25, 0.3) is 5.78 Å². The maximum absolute atomic E-state index is 13.6. The summed E-state index contributed by atoms with van der Waals surface area (Å²) in [6.45, 7) is 2.62. The number of rotatable bonds is 9. The Morgan fingerprint density at radius 2 is 1.85 bits per heavy atom. The summed E-state index contributed by atoms with van der Waals surface area (Å²) in [5.41, 5.74) is 1.16. The Labute approximate surface area is 239 Å². The summed E-state index contributed by atoms with van der Waals surface area (Å²) in [7, 11) is 1.50. The molecule has 7 nitrogen and oxygen atoms in total. The summed E-state index contributed by atoms with van der Waals surface area (Å²) in [5.74, 6) is -1.72. The normalized spacial score (nSPS) is 16.6. The molecule has 1 atom stereocenters. The summed E-state index contributed by atoms with van der Waals surface area (Å²) < 4.78 is 25.8. The van der Waals surface area contributed by atoms with Crippen molar-refractivity contribution in [3.8, 4) is 11.5 Å². The maximum atomic E-state index is 13.6. The minimum atomic E-state index is -1.04. The number of nitrogens with zero attached hydrogens (tertiary/aromatic N) is 2. The molecule has 5 rings (SSSR count). The zero-order valence-corrected chi connectivity index (χ0v) is 23.4. The van der Waals surface area contributed by atoms with Gasteiger partial charge < -0.3 is 14.6 Å². The van der Waals surface area contributed by atoms with Crippen molar-refractivity contribution in [2.75, 3.05) is 18.6 Å². The Hall–Kier alpha value is -3.95. The van der Waals surface area contributed by atoms with Gasteiger partial charge in [0.2, 0.25) is 0 Å². The number of Topliss-reactive ketones (excluding diaryl/α,β-unsaturated/α-hetero) is 1. The van der Waals surface area contributed by atoms with E-state index in [0.29, 0.717) is 34.2 Å². The van der Waals surface area contributed by atoms with E-state index in [2.05, 4.69) is 11.9 Å². The number of hydrogen-bond acceptors (Lipinski definition) is 7. The van der Waals surface area contributed by atoms with Gasteiger partial charge in [-0.25, -0.2) is 9.37 Å². The molecule has 1 fully saturated rings. The zero-order chi connectivity index (χ0) is 28.4. The number of aromatic nitrogens is 1.